The monoisotopic (exact) mass is 515 g/mol. The molecule has 4 aromatic carbocycles. The lowest BCUT2D eigenvalue weighted by Crippen LogP contribution is -2.34. The van der Waals surface area contributed by atoms with Crippen LogP contribution in [0, 0.1) is 41.5 Å². The predicted octanol–water partition coefficient (Wildman–Crippen LogP) is 6.79. The molecule has 1 saturated heterocycles. The summed E-state index contributed by atoms with van der Waals surface area (Å²) in [7, 11) is 0. The molecule has 1 unspecified atom stereocenters. The highest BCUT2D eigenvalue weighted by Crippen LogP contribution is 2.31. The third-order valence-corrected chi connectivity index (χ3v) is 7.61. The average Bonchev–Trinajstić information content (AvgIpc) is 3.27. The van der Waals surface area contributed by atoms with E-state index >= 15 is 0 Å². The van der Waals surface area contributed by atoms with E-state index in [1.807, 2.05) is 61.0 Å². The van der Waals surface area contributed by atoms with E-state index in [0.29, 0.717) is 12.0 Å². The minimum atomic E-state index is -0.209. The van der Waals surface area contributed by atoms with E-state index in [1.165, 1.54) is 5.56 Å². The number of rotatable bonds is 5. The first kappa shape index (κ1) is 26.3. The molecule has 4 aromatic rings. The van der Waals surface area contributed by atoms with Gasteiger partial charge in [-0.15, -0.1) is 5.43 Å². The van der Waals surface area contributed by atoms with Crippen LogP contribution < -0.4 is 5.43 Å². The summed E-state index contributed by atoms with van der Waals surface area (Å²) in [6.45, 7) is 12.3. The van der Waals surface area contributed by atoms with Gasteiger partial charge in [0, 0.05) is 16.7 Å². The fourth-order valence-corrected chi connectivity index (χ4v) is 6.18. The summed E-state index contributed by atoms with van der Waals surface area (Å²) in [6.07, 6.45) is 0.337. The zero-order valence-corrected chi connectivity index (χ0v) is 23.6. The molecule has 0 aliphatic carbocycles. The van der Waals surface area contributed by atoms with E-state index in [9.17, 15) is 9.59 Å². The van der Waals surface area contributed by atoms with Gasteiger partial charge in [-0.2, -0.15) is 0 Å². The number of amides is 1. The number of nitrogens with one attached hydrogen (secondary N) is 1. The van der Waals surface area contributed by atoms with Gasteiger partial charge >= 0.3 is 0 Å². The molecule has 1 fully saturated rings. The smallest absolute Gasteiger partial charge is 0.281 e. The topological polar surface area (TPSA) is 49.2 Å². The van der Waals surface area contributed by atoms with Gasteiger partial charge in [0.1, 0.15) is 6.42 Å². The van der Waals surface area contributed by atoms with E-state index in [0.717, 1.165) is 55.8 Å². The minimum Gasteiger partial charge on any atom is -0.289 e. The molecule has 0 spiro atoms. The highest BCUT2D eigenvalue weighted by atomic mass is 16.2. The van der Waals surface area contributed by atoms with Gasteiger partial charge in [0.15, 0.2) is 5.78 Å². The van der Waals surface area contributed by atoms with Crippen LogP contribution in [0.1, 0.15) is 78.5 Å². The van der Waals surface area contributed by atoms with Crippen LogP contribution in [0.3, 0.4) is 0 Å². The second kappa shape index (κ2) is 10.5. The predicted molar refractivity (Wildman–Crippen MR) is 157 cm³/mol. The summed E-state index contributed by atoms with van der Waals surface area (Å²) in [5.41, 5.74) is 14.7. The summed E-state index contributed by atoms with van der Waals surface area (Å²) in [6, 6.07) is 26.1. The summed E-state index contributed by atoms with van der Waals surface area (Å²) >= 11 is 0. The van der Waals surface area contributed by atoms with Gasteiger partial charge < -0.3 is 0 Å². The van der Waals surface area contributed by atoms with Crippen LogP contribution in [0.15, 0.2) is 78.9 Å². The van der Waals surface area contributed by atoms with Crippen molar-refractivity contribution in [1.29, 1.82) is 0 Å². The number of carbonyl (C=O) groups is 2. The number of aryl methyl sites for hydroxylation is 6. The van der Waals surface area contributed by atoms with Gasteiger partial charge in [-0.3, -0.25) is 9.59 Å². The Hall–Kier alpha value is -4.31. The van der Waals surface area contributed by atoms with Crippen molar-refractivity contribution in [3.05, 3.63) is 140 Å². The Balaban J connectivity index is 1.83. The molecule has 1 amide bonds. The molecule has 1 aliphatic heterocycles. The second-order valence-electron chi connectivity index (χ2n) is 10.8. The van der Waals surface area contributed by atoms with Gasteiger partial charge in [0.05, 0.1) is 11.1 Å². The zero-order valence-electron chi connectivity index (χ0n) is 23.6. The number of hydrogen-bond donors (Lipinski definition) is 1. The third-order valence-electron chi connectivity index (χ3n) is 7.61. The molecule has 0 saturated carbocycles. The first-order valence-electron chi connectivity index (χ1n) is 13.5. The molecular weight excluding hydrogens is 480 g/mol. The summed E-state index contributed by atoms with van der Waals surface area (Å²) in [5, 5.41) is 0. The van der Waals surface area contributed by atoms with Crippen molar-refractivity contribution in [2.24, 2.45) is 0 Å². The Morgan fingerprint density at radius 1 is 0.692 bits per heavy atom. The highest BCUT2D eigenvalue weighted by Gasteiger charge is 2.41. The molecule has 39 heavy (non-hydrogen) atoms. The standard InChI is InChI=1S/C35H34N2O2/c1-21-16-23(3)32(24(4)17-21)34(37-30(20-31(38)36-37)27-12-8-7-9-13-27)28-14-10-11-15-29(28)35(39)33-25(5)18-22(2)19-26(33)6/h7-19,30H,20H2,1-6H3/p+1. The van der Waals surface area contributed by atoms with Crippen LogP contribution in [0.25, 0.3) is 0 Å². The number of hydrazine groups is 1. The molecule has 1 heterocycles. The van der Waals surface area contributed by atoms with E-state index in [-0.39, 0.29) is 17.7 Å². The number of nitrogens with zero attached hydrogens (tertiary/aromatic N) is 1. The van der Waals surface area contributed by atoms with Crippen molar-refractivity contribution >= 4 is 17.4 Å². The lowest BCUT2D eigenvalue weighted by atomic mass is 9.86. The van der Waals surface area contributed by atoms with E-state index in [4.69, 9.17) is 0 Å². The molecule has 0 bridgehead atoms. The van der Waals surface area contributed by atoms with E-state index in [2.05, 4.69) is 69.5 Å². The van der Waals surface area contributed by atoms with Crippen LogP contribution in [0.5, 0.6) is 0 Å². The Morgan fingerprint density at radius 2 is 1.18 bits per heavy atom. The summed E-state index contributed by atoms with van der Waals surface area (Å²) in [5.74, 6) is -0.0555. The molecular formula is C35H35N2O2+. The molecule has 196 valence electrons. The van der Waals surface area contributed by atoms with Crippen molar-refractivity contribution in [2.75, 3.05) is 0 Å². The van der Waals surface area contributed by atoms with Gasteiger partial charge in [-0.25, -0.2) is 0 Å². The van der Waals surface area contributed by atoms with E-state index in [1.54, 1.807) is 0 Å². The van der Waals surface area contributed by atoms with Gasteiger partial charge in [0.25, 0.3) is 5.91 Å². The van der Waals surface area contributed by atoms with Crippen molar-refractivity contribution in [3.8, 4) is 0 Å². The molecule has 4 heteroatoms. The lowest BCUT2D eigenvalue weighted by molar-refractivity contribution is -0.598. The first-order valence-corrected chi connectivity index (χ1v) is 13.5. The van der Waals surface area contributed by atoms with Crippen LogP contribution in [0.2, 0.25) is 0 Å². The Morgan fingerprint density at radius 3 is 1.74 bits per heavy atom. The lowest BCUT2D eigenvalue weighted by Gasteiger charge is -2.18. The Bertz CT molecular complexity index is 1600. The molecule has 1 atom stereocenters. The maximum absolute atomic E-state index is 14.3. The SMILES string of the molecule is Cc1cc(C)c(C(=O)c2ccccc2/C(c2c(C)cc(C)cc2C)=[N+]2\NC(=O)CC2c2ccccc2)c(C)c1. The largest absolute Gasteiger partial charge is 0.289 e. The average molecular weight is 516 g/mol. The van der Waals surface area contributed by atoms with Crippen molar-refractivity contribution in [2.45, 2.75) is 54.0 Å². The quantitative estimate of drug-likeness (QED) is 0.235. The highest BCUT2D eigenvalue weighted by molar-refractivity contribution is 6.21. The van der Waals surface area contributed by atoms with Gasteiger partial charge in [-0.05, 0) is 69.9 Å². The van der Waals surface area contributed by atoms with Crippen LogP contribution in [-0.4, -0.2) is 22.1 Å². The first-order chi connectivity index (χ1) is 18.7. The Kier molecular flexibility index (Phi) is 7.05. The van der Waals surface area contributed by atoms with Gasteiger partial charge in [-0.1, -0.05) is 88.6 Å². The fraction of sp³-hybridized carbons (Fsp3) is 0.229. The van der Waals surface area contributed by atoms with Crippen LogP contribution >= 0.6 is 0 Å². The van der Waals surface area contributed by atoms with Crippen molar-refractivity contribution < 1.29 is 14.3 Å². The number of benzene rings is 4. The molecule has 0 aromatic heterocycles. The fourth-order valence-electron chi connectivity index (χ4n) is 6.18. The van der Waals surface area contributed by atoms with Crippen LogP contribution in [-0.2, 0) is 4.79 Å². The molecule has 4 nitrogen and oxygen atoms in total. The number of carbonyl (C=O) groups excluding carboxylic acids is 2. The number of ketones is 1. The van der Waals surface area contributed by atoms with Crippen molar-refractivity contribution in [3.63, 3.8) is 0 Å². The normalized spacial score (nSPS) is 16.3. The van der Waals surface area contributed by atoms with Crippen LogP contribution in [0.4, 0.5) is 0 Å². The number of hydrazone groups is 1. The third kappa shape index (κ3) is 4.95. The van der Waals surface area contributed by atoms with Crippen molar-refractivity contribution in [1.82, 2.24) is 5.43 Å². The molecule has 5 rings (SSSR count). The molecule has 1 N–H and O–H groups in total. The summed E-state index contributed by atoms with van der Waals surface area (Å²) in [4.78, 5) is 27.2. The van der Waals surface area contributed by atoms with E-state index < -0.39 is 0 Å². The maximum Gasteiger partial charge on any atom is 0.281 e. The summed E-state index contributed by atoms with van der Waals surface area (Å²) < 4.78 is 1.99. The maximum atomic E-state index is 14.3. The minimum absolute atomic E-state index is 0.0118. The molecule has 1 aliphatic rings. The van der Waals surface area contributed by atoms with Gasteiger partial charge in [0.2, 0.25) is 11.8 Å². The number of hydrogen-bond acceptors (Lipinski definition) is 2. The Labute approximate surface area is 231 Å². The second-order valence-corrected chi connectivity index (χ2v) is 10.8. The molecule has 0 radical (unpaired) electrons. The zero-order chi connectivity index (χ0) is 27.8.